The molecule has 1 aromatic heterocycles. The maximum absolute atomic E-state index is 12.9. The molecule has 3 fully saturated rings. The van der Waals surface area contributed by atoms with Crippen LogP contribution in [0.2, 0.25) is 0 Å². The molecule has 0 spiro atoms. The van der Waals surface area contributed by atoms with Gasteiger partial charge in [0.15, 0.2) is 0 Å². The summed E-state index contributed by atoms with van der Waals surface area (Å²) in [5, 5.41) is 3.51. The van der Waals surface area contributed by atoms with Crippen molar-refractivity contribution in [2.45, 2.75) is 38.4 Å². The van der Waals surface area contributed by atoms with Crippen molar-refractivity contribution in [1.82, 2.24) is 25.1 Å². The zero-order valence-corrected chi connectivity index (χ0v) is 16.7. The lowest BCUT2D eigenvalue weighted by molar-refractivity contribution is -0.0211. The largest absolute Gasteiger partial charge is 0.378 e. The number of rotatable bonds is 5. The van der Waals surface area contributed by atoms with Crippen LogP contribution in [0.1, 0.15) is 28.3 Å². The lowest BCUT2D eigenvalue weighted by Crippen LogP contribution is -2.64. The van der Waals surface area contributed by atoms with Crippen LogP contribution in [-0.2, 0) is 4.74 Å². The highest BCUT2D eigenvalue weighted by Gasteiger charge is 2.36. The van der Waals surface area contributed by atoms with Gasteiger partial charge in [-0.2, -0.15) is 0 Å². The second kappa shape index (κ2) is 7.33. The lowest BCUT2D eigenvalue weighted by Gasteiger charge is -2.42. The predicted molar refractivity (Wildman–Crippen MR) is 103 cm³/mol. The van der Waals surface area contributed by atoms with Crippen LogP contribution in [0.4, 0.5) is 5.82 Å². The zero-order chi connectivity index (χ0) is 19.1. The fourth-order valence-electron chi connectivity index (χ4n) is 3.93. The van der Waals surface area contributed by atoms with Gasteiger partial charge in [-0.3, -0.25) is 4.79 Å². The van der Waals surface area contributed by atoms with Gasteiger partial charge in [-0.05, 0) is 34.4 Å². The Bertz CT molecular complexity index is 714. The Balaban J connectivity index is 1.44. The first kappa shape index (κ1) is 18.6. The van der Waals surface area contributed by atoms with Crippen LogP contribution in [0.15, 0.2) is 0 Å². The number of hydrogen-bond acceptors (Lipinski definition) is 7. The van der Waals surface area contributed by atoms with E-state index in [9.17, 15) is 4.79 Å². The fourth-order valence-corrected chi connectivity index (χ4v) is 3.93. The predicted octanol–water partition coefficient (Wildman–Crippen LogP) is 0.0465. The Morgan fingerprint density at radius 3 is 2.48 bits per heavy atom. The second-order valence-corrected chi connectivity index (χ2v) is 8.24. The summed E-state index contributed by atoms with van der Waals surface area (Å²) in [6.45, 7) is 8.90. The van der Waals surface area contributed by atoms with E-state index in [2.05, 4.69) is 39.2 Å². The molecule has 148 valence electrons. The molecule has 1 N–H and O–H groups in total. The van der Waals surface area contributed by atoms with Crippen molar-refractivity contribution in [3.8, 4) is 0 Å². The third kappa shape index (κ3) is 3.66. The van der Waals surface area contributed by atoms with Gasteiger partial charge in [0, 0.05) is 49.5 Å². The smallest absolute Gasteiger partial charge is 0.291 e. The molecule has 0 bridgehead atoms. The van der Waals surface area contributed by atoms with Crippen LogP contribution in [0.25, 0.3) is 0 Å². The number of carbonyl (C=O) groups is 1. The van der Waals surface area contributed by atoms with E-state index in [0.717, 1.165) is 49.8 Å². The second-order valence-electron chi connectivity index (χ2n) is 8.24. The molecule has 0 aliphatic carbocycles. The van der Waals surface area contributed by atoms with Crippen molar-refractivity contribution in [1.29, 1.82) is 0 Å². The minimum absolute atomic E-state index is 0.0642. The van der Waals surface area contributed by atoms with Crippen LogP contribution >= 0.6 is 0 Å². The van der Waals surface area contributed by atoms with Gasteiger partial charge in [0.05, 0.1) is 19.3 Å². The molecule has 0 radical (unpaired) electrons. The van der Waals surface area contributed by atoms with E-state index in [1.165, 1.54) is 0 Å². The molecular formula is C19H30N6O2. The molecule has 0 aromatic carbocycles. The van der Waals surface area contributed by atoms with Crippen molar-refractivity contribution in [3.05, 3.63) is 17.1 Å². The average molecular weight is 374 g/mol. The molecule has 1 atom stereocenters. The van der Waals surface area contributed by atoms with Gasteiger partial charge in [0.2, 0.25) is 5.82 Å². The number of likely N-dealkylation sites (tertiary alicyclic amines) is 1. The van der Waals surface area contributed by atoms with Crippen LogP contribution < -0.4 is 10.2 Å². The van der Waals surface area contributed by atoms with E-state index in [0.29, 0.717) is 37.0 Å². The summed E-state index contributed by atoms with van der Waals surface area (Å²) in [6, 6.07) is 1.32. The quantitative estimate of drug-likeness (QED) is 0.780. The summed E-state index contributed by atoms with van der Waals surface area (Å²) in [4.78, 5) is 28.4. The lowest BCUT2D eigenvalue weighted by atomic mass is 10.1. The van der Waals surface area contributed by atoms with Crippen molar-refractivity contribution >= 4 is 11.7 Å². The number of nitrogens with one attached hydrogen (secondary N) is 1. The molecule has 0 unspecified atom stereocenters. The molecular weight excluding hydrogens is 344 g/mol. The van der Waals surface area contributed by atoms with E-state index in [-0.39, 0.29) is 5.91 Å². The first-order valence-corrected chi connectivity index (χ1v) is 9.82. The van der Waals surface area contributed by atoms with Gasteiger partial charge in [-0.1, -0.05) is 0 Å². The number of hydrogen-bond donors (Lipinski definition) is 1. The number of anilines is 1. The summed E-state index contributed by atoms with van der Waals surface area (Å²) in [7, 11) is 4.23. The maximum atomic E-state index is 12.9. The summed E-state index contributed by atoms with van der Waals surface area (Å²) >= 11 is 0. The van der Waals surface area contributed by atoms with Gasteiger partial charge in [-0.25, -0.2) is 9.97 Å². The highest BCUT2D eigenvalue weighted by Crippen LogP contribution is 2.26. The Labute approximate surface area is 160 Å². The molecule has 0 saturated carbocycles. The number of aromatic nitrogens is 2. The summed E-state index contributed by atoms with van der Waals surface area (Å²) in [6.07, 6.45) is 1.11. The Hall–Kier alpha value is -1.77. The van der Waals surface area contributed by atoms with E-state index in [4.69, 9.17) is 4.74 Å². The molecule has 3 aliphatic heterocycles. The van der Waals surface area contributed by atoms with Gasteiger partial charge in [0.1, 0.15) is 5.82 Å². The Morgan fingerprint density at radius 1 is 1.15 bits per heavy atom. The third-order valence-electron chi connectivity index (χ3n) is 6.03. The molecule has 1 amide bonds. The minimum atomic E-state index is -0.0642. The van der Waals surface area contributed by atoms with Gasteiger partial charge in [-0.15, -0.1) is 0 Å². The molecule has 3 saturated heterocycles. The molecule has 4 heterocycles. The maximum Gasteiger partial charge on any atom is 0.291 e. The normalized spacial score (nSPS) is 23.7. The highest BCUT2D eigenvalue weighted by atomic mass is 16.5. The molecule has 27 heavy (non-hydrogen) atoms. The number of ether oxygens (including phenoxy) is 1. The minimum Gasteiger partial charge on any atom is -0.378 e. The number of nitrogens with zero attached hydrogens (tertiary/aromatic N) is 5. The summed E-state index contributed by atoms with van der Waals surface area (Å²) < 4.78 is 5.19. The van der Waals surface area contributed by atoms with Crippen molar-refractivity contribution in [2.24, 2.45) is 0 Å². The monoisotopic (exact) mass is 374 g/mol. The number of likely N-dealkylation sites (N-methyl/N-ethyl adjacent to an activating group) is 1. The third-order valence-corrected chi connectivity index (χ3v) is 6.03. The van der Waals surface area contributed by atoms with Crippen LogP contribution in [0.3, 0.4) is 0 Å². The molecule has 8 heteroatoms. The number of carbonyl (C=O) groups excluding carboxylic acids is 1. The highest BCUT2D eigenvalue weighted by molar-refractivity contribution is 5.91. The average Bonchev–Trinajstić information content (AvgIpc) is 3.04. The number of aryl methyl sites for hydroxylation is 1. The van der Waals surface area contributed by atoms with Gasteiger partial charge < -0.3 is 24.8 Å². The molecule has 8 nitrogen and oxygen atoms in total. The van der Waals surface area contributed by atoms with Crippen LogP contribution in [-0.4, -0.2) is 97.3 Å². The Kier molecular flexibility index (Phi) is 5.05. The molecule has 3 aliphatic rings. The first-order chi connectivity index (χ1) is 12.9. The Morgan fingerprint density at radius 2 is 1.89 bits per heavy atom. The van der Waals surface area contributed by atoms with Crippen molar-refractivity contribution in [2.75, 3.05) is 58.4 Å². The molecule has 4 rings (SSSR count). The van der Waals surface area contributed by atoms with E-state index >= 15 is 0 Å². The number of amides is 1. The molecule has 1 aromatic rings. The van der Waals surface area contributed by atoms with Crippen molar-refractivity contribution in [3.63, 3.8) is 0 Å². The topological polar surface area (TPSA) is 73.8 Å². The summed E-state index contributed by atoms with van der Waals surface area (Å²) in [5.74, 6) is 1.18. The SMILES string of the molecule is Cc1nc(C(=O)N2CC(NC3COC3)C2)nc(N2CC[C@@H](N(C)C)C2)c1C. The van der Waals surface area contributed by atoms with Crippen LogP contribution in [0.5, 0.6) is 0 Å². The van der Waals surface area contributed by atoms with E-state index in [1.807, 2.05) is 18.7 Å². The van der Waals surface area contributed by atoms with Crippen molar-refractivity contribution < 1.29 is 9.53 Å². The zero-order valence-electron chi connectivity index (χ0n) is 16.7. The first-order valence-electron chi connectivity index (χ1n) is 9.82. The van der Waals surface area contributed by atoms with E-state index < -0.39 is 0 Å². The summed E-state index contributed by atoms with van der Waals surface area (Å²) in [5.41, 5.74) is 1.96. The standard InChI is InChI=1S/C19H30N6O2/c1-12-13(2)20-17(22-18(12)24-6-5-16(9-24)23(3)4)19(26)25-7-14(8-25)21-15-10-27-11-15/h14-16,21H,5-11H2,1-4H3/t16-/m1/s1. The van der Waals surface area contributed by atoms with Gasteiger partial charge in [0.25, 0.3) is 5.91 Å². The fraction of sp³-hybridized carbons (Fsp3) is 0.737. The van der Waals surface area contributed by atoms with Crippen LogP contribution in [0, 0.1) is 13.8 Å². The van der Waals surface area contributed by atoms with E-state index in [1.54, 1.807) is 0 Å². The van der Waals surface area contributed by atoms with Gasteiger partial charge >= 0.3 is 0 Å².